The monoisotopic (exact) mass is 280 g/mol. The maximum absolute atomic E-state index is 5.86. The van der Waals surface area contributed by atoms with Crippen LogP contribution >= 0.6 is 34.2 Å². The number of halogens is 2. The zero-order valence-electron chi connectivity index (χ0n) is 5.77. The number of hydrogen-bond donors (Lipinski definition) is 0. The van der Waals surface area contributed by atoms with Crippen molar-refractivity contribution in [3.8, 4) is 0 Å². The lowest BCUT2D eigenvalue weighted by molar-refractivity contribution is 0.908. The molecule has 0 spiro atoms. The molecule has 1 aliphatic carbocycles. The second kappa shape index (κ2) is 2.86. The summed E-state index contributed by atoms with van der Waals surface area (Å²) >= 11 is 8.08. The second-order valence-corrected chi connectivity index (χ2v) is 3.97. The third-order valence-corrected chi connectivity index (χ3v) is 3.11. The van der Waals surface area contributed by atoms with Crippen LogP contribution in [0.25, 0.3) is 0 Å². The van der Waals surface area contributed by atoms with E-state index in [1.165, 1.54) is 17.5 Å². The number of aromatic nitrogens is 2. The van der Waals surface area contributed by atoms with Gasteiger partial charge in [-0.15, -0.1) is 10.2 Å². The van der Waals surface area contributed by atoms with Gasteiger partial charge in [-0.2, -0.15) is 0 Å². The molecule has 0 amide bonds. The molecule has 1 aliphatic rings. The molecular weight excluding hydrogens is 274 g/mol. The highest BCUT2D eigenvalue weighted by molar-refractivity contribution is 14.1. The normalized spacial score (nSPS) is 15.1. The Morgan fingerprint density at radius 1 is 1.18 bits per heavy atom. The predicted octanol–water partition coefficient (Wildman–Crippen LogP) is 2.22. The SMILES string of the molecule is Clc1nnc(I)c2c1CCC2. The van der Waals surface area contributed by atoms with Gasteiger partial charge in [-0.3, -0.25) is 0 Å². The summed E-state index contributed by atoms with van der Waals surface area (Å²) in [5, 5.41) is 8.41. The molecule has 0 atom stereocenters. The molecule has 0 bridgehead atoms. The van der Waals surface area contributed by atoms with Gasteiger partial charge in [0, 0.05) is 0 Å². The van der Waals surface area contributed by atoms with Gasteiger partial charge in [0.1, 0.15) is 3.70 Å². The van der Waals surface area contributed by atoms with Crippen molar-refractivity contribution in [1.29, 1.82) is 0 Å². The molecule has 2 rings (SSSR count). The first-order valence-corrected chi connectivity index (χ1v) is 4.94. The Kier molecular flexibility index (Phi) is 2.01. The summed E-state index contributed by atoms with van der Waals surface area (Å²) in [5.74, 6) is 0. The van der Waals surface area contributed by atoms with Crippen molar-refractivity contribution in [3.05, 3.63) is 20.0 Å². The Labute approximate surface area is 83.5 Å². The molecule has 2 nitrogen and oxygen atoms in total. The second-order valence-electron chi connectivity index (χ2n) is 2.59. The highest BCUT2D eigenvalue weighted by atomic mass is 127. The molecule has 0 saturated heterocycles. The van der Waals surface area contributed by atoms with E-state index >= 15 is 0 Å². The molecule has 4 heteroatoms. The van der Waals surface area contributed by atoms with E-state index in [1.54, 1.807) is 0 Å². The van der Waals surface area contributed by atoms with Crippen LogP contribution in [0.3, 0.4) is 0 Å². The Hall–Kier alpha value is 0.1000. The molecule has 0 saturated carbocycles. The van der Waals surface area contributed by atoms with Crippen molar-refractivity contribution in [2.45, 2.75) is 19.3 Å². The fourth-order valence-electron chi connectivity index (χ4n) is 1.41. The first kappa shape index (κ1) is 7.73. The van der Waals surface area contributed by atoms with Crippen LogP contribution in [0.1, 0.15) is 17.5 Å². The molecular formula is C7H6ClIN2. The molecule has 1 aromatic rings. The summed E-state index contributed by atoms with van der Waals surface area (Å²) in [6.07, 6.45) is 3.38. The third kappa shape index (κ3) is 1.24. The van der Waals surface area contributed by atoms with Gasteiger partial charge >= 0.3 is 0 Å². The number of fused-ring (bicyclic) bond motifs is 1. The van der Waals surface area contributed by atoms with Gasteiger partial charge in [0.15, 0.2) is 5.15 Å². The highest BCUT2D eigenvalue weighted by Crippen LogP contribution is 2.28. The summed E-state index contributed by atoms with van der Waals surface area (Å²) in [6, 6.07) is 0. The van der Waals surface area contributed by atoms with Crippen LogP contribution in [-0.2, 0) is 12.8 Å². The Bertz CT molecular complexity index is 272. The minimum Gasteiger partial charge on any atom is -0.143 e. The molecule has 0 N–H and O–H groups in total. The summed E-state index contributed by atoms with van der Waals surface area (Å²) < 4.78 is 1.01. The number of nitrogens with zero attached hydrogens (tertiary/aromatic N) is 2. The molecule has 1 aromatic heterocycles. The van der Waals surface area contributed by atoms with E-state index in [0.29, 0.717) is 5.15 Å². The Morgan fingerprint density at radius 2 is 1.91 bits per heavy atom. The van der Waals surface area contributed by atoms with Gasteiger partial charge in [-0.05, 0) is 53.0 Å². The van der Waals surface area contributed by atoms with E-state index in [0.717, 1.165) is 16.5 Å². The molecule has 0 radical (unpaired) electrons. The molecule has 0 aliphatic heterocycles. The maximum Gasteiger partial charge on any atom is 0.155 e. The minimum absolute atomic E-state index is 0.595. The summed E-state index contributed by atoms with van der Waals surface area (Å²) in [4.78, 5) is 0. The number of hydrogen-bond acceptors (Lipinski definition) is 2. The number of rotatable bonds is 0. The first-order chi connectivity index (χ1) is 5.29. The van der Waals surface area contributed by atoms with Crippen LogP contribution in [-0.4, -0.2) is 10.2 Å². The lowest BCUT2D eigenvalue weighted by atomic mass is 10.2. The summed E-state index contributed by atoms with van der Waals surface area (Å²) in [7, 11) is 0. The van der Waals surface area contributed by atoms with Gasteiger partial charge in [0.05, 0.1) is 0 Å². The lowest BCUT2D eigenvalue weighted by Crippen LogP contribution is -1.96. The topological polar surface area (TPSA) is 25.8 Å². The van der Waals surface area contributed by atoms with Crippen LogP contribution in [0.4, 0.5) is 0 Å². The molecule has 11 heavy (non-hydrogen) atoms. The molecule has 0 unspecified atom stereocenters. The average molecular weight is 280 g/mol. The third-order valence-electron chi connectivity index (χ3n) is 1.94. The molecule has 1 heterocycles. The summed E-state index contributed by atoms with van der Waals surface area (Å²) in [5.41, 5.74) is 2.52. The van der Waals surface area contributed by atoms with E-state index < -0.39 is 0 Å². The van der Waals surface area contributed by atoms with E-state index in [-0.39, 0.29) is 0 Å². The fraction of sp³-hybridized carbons (Fsp3) is 0.429. The maximum atomic E-state index is 5.86. The van der Waals surface area contributed by atoms with E-state index in [2.05, 4.69) is 32.8 Å². The fourth-order valence-corrected chi connectivity index (χ4v) is 2.36. The van der Waals surface area contributed by atoms with Gasteiger partial charge < -0.3 is 0 Å². The largest absolute Gasteiger partial charge is 0.155 e. The van der Waals surface area contributed by atoms with Gasteiger partial charge in [-0.25, -0.2) is 0 Å². The molecule has 0 fully saturated rings. The van der Waals surface area contributed by atoms with E-state index in [1.807, 2.05) is 0 Å². The Morgan fingerprint density at radius 3 is 2.64 bits per heavy atom. The summed E-state index contributed by atoms with van der Waals surface area (Å²) in [6.45, 7) is 0. The van der Waals surface area contributed by atoms with Crippen molar-refractivity contribution in [1.82, 2.24) is 10.2 Å². The van der Waals surface area contributed by atoms with Crippen molar-refractivity contribution < 1.29 is 0 Å². The van der Waals surface area contributed by atoms with Crippen LogP contribution in [0.2, 0.25) is 5.15 Å². The van der Waals surface area contributed by atoms with Crippen molar-refractivity contribution in [3.63, 3.8) is 0 Å². The zero-order chi connectivity index (χ0) is 7.84. The molecule has 0 aromatic carbocycles. The zero-order valence-corrected chi connectivity index (χ0v) is 8.69. The minimum atomic E-state index is 0.595. The molecule has 58 valence electrons. The van der Waals surface area contributed by atoms with Gasteiger partial charge in [0.25, 0.3) is 0 Å². The predicted molar refractivity (Wildman–Crippen MR) is 51.8 cm³/mol. The quantitative estimate of drug-likeness (QED) is 0.681. The van der Waals surface area contributed by atoms with Crippen molar-refractivity contribution in [2.24, 2.45) is 0 Å². The van der Waals surface area contributed by atoms with Crippen LogP contribution in [0.15, 0.2) is 0 Å². The van der Waals surface area contributed by atoms with E-state index in [4.69, 9.17) is 11.6 Å². The van der Waals surface area contributed by atoms with E-state index in [9.17, 15) is 0 Å². The lowest BCUT2D eigenvalue weighted by Gasteiger charge is -2.00. The highest BCUT2D eigenvalue weighted by Gasteiger charge is 2.18. The van der Waals surface area contributed by atoms with Crippen molar-refractivity contribution in [2.75, 3.05) is 0 Å². The van der Waals surface area contributed by atoms with Gasteiger partial charge in [0.2, 0.25) is 0 Å². The van der Waals surface area contributed by atoms with Crippen molar-refractivity contribution >= 4 is 34.2 Å². The smallest absolute Gasteiger partial charge is 0.143 e. The first-order valence-electron chi connectivity index (χ1n) is 3.48. The standard InChI is InChI=1S/C7H6ClIN2/c8-6-4-2-1-3-5(4)7(9)11-10-6/h1-3H2. The van der Waals surface area contributed by atoms with Gasteiger partial charge in [-0.1, -0.05) is 11.6 Å². The Balaban J connectivity index is 2.64. The van der Waals surface area contributed by atoms with Crippen LogP contribution in [0, 0.1) is 3.70 Å². The average Bonchev–Trinajstić information content (AvgIpc) is 2.45. The van der Waals surface area contributed by atoms with Crippen LogP contribution < -0.4 is 0 Å². The van der Waals surface area contributed by atoms with Crippen LogP contribution in [0.5, 0.6) is 0 Å².